The van der Waals surface area contributed by atoms with Crippen LogP contribution in [0.25, 0.3) is 0 Å². The maximum absolute atomic E-state index is 12.1. The van der Waals surface area contributed by atoms with E-state index in [2.05, 4.69) is 10.1 Å². The minimum absolute atomic E-state index is 0.0780. The van der Waals surface area contributed by atoms with Crippen molar-refractivity contribution in [2.75, 3.05) is 12.4 Å². The Balaban J connectivity index is 1.65. The third kappa shape index (κ3) is 2.48. The van der Waals surface area contributed by atoms with Gasteiger partial charge < -0.3 is 10.1 Å². The standard InChI is InChI=1S/C15H17NO3/c1-19-15(18)9-3-2-4-13(8-9)16-14(17)12-6-10-5-11(10)7-12/h2-4,8,10-12H,5-7H2,1H3,(H,16,17). The van der Waals surface area contributed by atoms with Gasteiger partial charge in [0.1, 0.15) is 0 Å². The number of hydrogen-bond donors (Lipinski definition) is 1. The fourth-order valence-electron chi connectivity index (χ4n) is 3.01. The Labute approximate surface area is 112 Å². The van der Waals surface area contributed by atoms with Crippen molar-refractivity contribution in [3.63, 3.8) is 0 Å². The molecule has 0 spiro atoms. The van der Waals surface area contributed by atoms with Gasteiger partial charge in [0.05, 0.1) is 12.7 Å². The minimum atomic E-state index is -0.391. The molecule has 19 heavy (non-hydrogen) atoms. The smallest absolute Gasteiger partial charge is 0.337 e. The molecule has 2 aliphatic carbocycles. The van der Waals surface area contributed by atoms with Crippen molar-refractivity contribution >= 4 is 17.6 Å². The van der Waals surface area contributed by atoms with E-state index in [9.17, 15) is 9.59 Å². The van der Waals surface area contributed by atoms with Crippen LogP contribution in [0, 0.1) is 17.8 Å². The van der Waals surface area contributed by atoms with Gasteiger partial charge >= 0.3 is 5.97 Å². The number of esters is 1. The van der Waals surface area contributed by atoms with E-state index in [0.717, 1.165) is 24.7 Å². The van der Waals surface area contributed by atoms with Gasteiger partial charge in [-0.15, -0.1) is 0 Å². The molecule has 3 rings (SSSR count). The normalized spacial score (nSPS) is 27.5. The second kappa shape index (κ2) is 4.68. The average molecular weight is 259 g/mol. The van der Waals surface area contributed by atoms with Crippen LogP contribution in [0.4, 0.5) is 5.69 Å². The molecule has 0 radical (unpaired) electrons. The van der Waals surface area contributed by atoms with E-state index in [-0.39, 0.29) is 11.8 Å². The highest BCUT2D eigenvalue weighted by Crippen LogP contribution is 2.54. The van der Waals surface area contributed by atoms with Gasteiger partial charge in [-0.25, -0.2) is 4.79 Å². The fraction of sp³-hybridized carbons (Fsp3) is 0.467. The Bertz CT molecular complexity index is 516. The molecule has 1 aromatic carbocycles. The van der Waals surface area contributed by atoms with Crippen LogP contribution in [0.15, 0.2) is 24.3 Å². The molecule has 100 valence electrons. The maximum Gasteiger partial charge on any atom is 0.337 e. The molecular weight excluding hydrogens is 242 g/mol. The molecule has 0 heterocycles. The van der Waals surface area contributed by atoms with Crippen molar-refractivity contribution in [3.05, 3.63) is 29.8 Å². The molecular formula is C15H17NO3. The van der Waals surface area contributed by atoms with Gasteiger partial charge in [0, 0.05) is 11.6 Å². The van der Waals surface area contributed by atoms with Crippen LogP contribution in [0.1, 0.15) is 29.6 Å². The zero-order valence-corrected chi connectivity index (χ0v) is 10.9. The Morgan fingerprint density at radius 1 is 1.21 bits per heavy atom. The lowest BCUT2D eigenvalue weighted by molar-refractivity contribution is -0.120. The molecule has 2 aliphatic rings. The topological polar surface area (TPSA) is 55.4 Å². The Morgan fingerprint density at radius 3 is 2.63 bits per heavy atom. The molecule has 0 saturated heterocycles. The molecule has 0 aliphatic heterocycles. The summed E-state index contributed by atoms with van der Waals surface area (Å²) >= 11 is 0. The number of nitrogens with one attached hydrogen (secondary N) is 1. The molecule has 2 fully saturated rings. The first kappa shape index (κ1) is 12.2. The third-order valence-corrected chi connectivity index (χ3v) is 4.17. The number of fused-ring (bicyclic) bond motifs is 1. The highest BCUT2D eigenvalue weighted by atomic mass is 16.5. The largest absolute Gasteiger partial charge is 0.465 e. The SMILES string of the molecule is COC(=O)c1cccc(NC(=O)C2CC3CC3C2)c1. The predicted molar refractivity (Wildman–Crippen MR) is 70.7 cm³/mol. The van der Waals surface area contributed by atoms with Crippen molar-refractivity contribution in [3.8, 4) is 0 Å². The number of methoxy groups -OCH3 is 1. The van der Waals surface area contributed by atoms with Crippen LogP contribution in [0.3, 0.4) is 0 Å². The summed E-state index contributed by atoms with van der Waals surface area (Å²) in [7, 11) is 1.35. The van der Waals surface area contributed by atoms with Gasteiger partial charge in [-0.2, -0.15) is 0 Å². The monoisotopic (exact) mass is 259 g/mol. The summed E-state index contributed by atoms with van der Waals surface area (Å²) in [5.41, 5.74) is 1.11. The first-order valence-electron chi connectivity index (χ1n) is 6.66. The van der Waals surface area contributed by atoms with Crippen LogP contribution in [0.2, 0.25) is 0 Å². The second-order valence-corrected chi connectivity index (χ2v) is 5.49. The summed E-state index contributed by atoms with van der Waals surface area (Å²) < 4.78 is 4.66. The quantitative estimate of drug-likeness (QED) is 0.848. The molecule has 0 aromatic heterocycles. The lowest BCUT2D eigenvalue weighted by atomic mass is 10.0. The first-order chi connectivity index (χ1) is 9.17. The molecule has 1 aromatic rings. The van der Waals surface area contributed by atoms with E-state index in [1.165, 1.54) is 13.5 Å². The van der Waals surface area contributed by atoms with Gasteiger partial charge in [-0.1, -0.05) is 6.07 Å². The average Bonchev–Trinajstić information content (AvgIpc) is 3.04. The second-order valence-electron chi connectivity index (χ2n) is 5.49. The molecule has 4 heteroatoms. The van der Waals surface area contributed by atoms with Crippen molar-refractivity contribution in [1.82, 2.24) is 0 Å². The van der Waals surface area contributed by atoms with E-state index < -0.39 is 5.97 Å². The molecule has 1 N–H and O–H groups in total. The number of carbonyl (C=O) groups is 2. The maximum atomic E-state index is 12.1. The number of amides is 1. The number of hydrogen-bond acceptors (Lipinski definition) is 3. The predicted octanol–water partition coefficient (Wildman–Crippen LogP) is 2.46. The summed E-state index contributed by atoms with van der Waals surface area (Å²) in [6.45, 7) is 0. The number of carbonyl (C=O) groups excluding carboxylic acids is 2. The summed E-state index contributed by atoms with van der Waals surface area (Å²) in [4.78, 5) is 23.5. The molecule has 2 atom stereocenters. The van der Waals surface area contributed by atoms with Crippen molar-refractivity contribution in [2.24, 2.45) is 17.8 Å². The Kier molecular flexibility index (Phi) is 3.01. The zero-order chi connectivity index (χ0) is 13.4. The van der Waals surface area contributed by atoms with Crippen LogP contribution in [-0.2, 0) is 9.53 Å². The van der Waals surface area contributed by atoms with Crippen molar-refractivity contribution in [2.45, 2.75) is 19.3 Å². The fourth-order valence-corrected chi connectivity index (χ4v) is 3.01. The molecule has 4 nitrogen and oxygen atoms in total. The lowest BCUT2D eigenvalue weighted by Gasteiger charge is -2.12. The number of benzene rings is 1. The highest BCUT2D eigenvalue weighted by molar-refractivity contribution is 5.95. The summed E-state index contributed by atoms with van der Waals surface area (Å²) in [6, 6.07) is 6.86. The van der Waals surface area contributed by atoms with E-state index in [4.69, 9.17) is 0 Å². The van der Waals surface area contributed by atoms with E-state index >= 15 is 0 Å². The van der Waals surface area contributed by atoms with E-state index in [1.54, 1.807) is 24.3 Å². The molecule has 2 unspecified atom stereocenters. The van der Waals surface area contributed by atoms with Crippen LogP contribution >= 0.6 is 0 Å². The van der Waals surface area contributed by atoms with Gasteiger partial charge in [0.2, 0.25) is 5.91 Å². The lowest BCUT2D eigenvalue weighted by Crippen LogP contribution is -2.21. The molecule has 2 saturated carbocycles. The summed E-state index contributed by atoms with van der Waals surface area (Å²) in [6.07, 6.45) is 3.35. The summed E-state index contributed by atoms with van der Waals surface area (Å²) in [5, 5.41) is 2.90. The summed E-state index contributed by atoms with van der Waals surface area (Å²) in [5.74, 6) is 1.41. The van der Waals surface area contributed by atoms with Crippen molar-refractivity contribution < 1.29 is 14.3 Å². The van der Waals surface area contributed by atoms with Crippen LogP contribution in [-0.4, -0.2) is 19.0 Å². The Hall–Kier alpha value is -1.84. The number of anilines is 1. The minimum Gasteiger partial charge on any atom is -0.465 e. The third-order valence-electron chi connectivity index (χ3n) is 4.17. The highest BCUT2D eigenvalue weighted by Gasteiger charge is 2.47. The zero-order valence-electron chi connectivity index (χ0n) is 10.9. The number of rotatable bonds is 3. The van der Waals surface area contributed by atoms with Gasteiger partial charge in [0.25, 0.3) is 0 Å². The van der Waals surface area contributed by atoms with Gasteiger partial charge in [0.15, 0.2) is 0 Å². The molecule has 1 amide bonds. The van der Waals surface area contributed by atoms with E-state index in [1.807, 2.05) is 0 Å². The first-order valence-corrected chi connectivity index (χ1v) is 6.66. The van der Waals surface area contributed by atoms with Crippen LogP contribution < -0.4 is 5.32 Å². The Morgan fingerprint density at radius 2 is 1.95 bits per heavy atom. The number of ether oxygens (including phenoxy) is 1. The van der Waals surface area contributed by atoms with Crippen LogP contribution in [0.5, 0.6) is 0 Å². The molecule has 0 bridgehead atoms. The van der Waals surface area contributed by atoms with Crippen molar-refractivity contribution in [1.29, 1.82) is 0 Å². The van der Waals surface area contributed by atoms with Gasteiger partial charge in [-0.05, 0) is 49.3 Å². The van der Waals surface area contributed by atoms with Gasteiger partial charge in [-0.3, -0.25) is 4.79 Å². The van der Waals surface area contributed by atoms with E-state index in [0.29, 0.717) is 11.3 Å².